The molecule has 0 aromatic heterocycles. The first-order valence-corrected chi connectivity index (χ1v) is 16.2. The van der Waals surface area contributed by atoms with Crippen molar-refractivity contribution in [3.05, 3.63) is 56.3 Å². The molecule has 2 aromatic carbocycles. The molecule has 2 aliphatic rings. The summed E-state index contributed by atoms with van der Waals surface area (Å²) in [7, 11) is 1.71. The van der Waals surface area contributed by atoms with E-state index in [9.17, 15) is 9.59 Å². The Morgan fingerprint density at radius 1 is 0.976 bits per heavy atom. The van der Waals surface area contributed by atoms with Crippen LogP contribution in [0.15, 0.2) is 39.9 Å². The SMILES string of the molecule is COCCCOC(c1ccccc1)[C@@H]1CCCN(c2c(N[C@H](CNCCC(C)C)CC3CCCCC3)c(=O)c2=O)C1. The van der Waals surface area contributed by atoms with Crippen molar-refractivity contribution < 1.29 is 9.47 Å². The highest BCUT2D eigenvalue weighted by molar-refractivity contribution is 5.75. The fourth-order valence-electron chi connectivity index (χ4n) is 6.73. The summed E-state index contributed by atoms with van der Waals surface area (Å²) in [5, 5.41) is 7.23. The lowest BCUT2D eigenvalue weighted by atomic mass is 9.84. The lowest BCUT2D eigenvalue weighted by Crippen LogP contribution is -2.49. The third-order valence-corrected chi connectivity index (χ3v) is 8.99. The molecule has 4 rings (SSSR count). The minimum atomic E-state index is -0.353. The molecule has 1 unspecified atom stereocenters. The quantitative estimate of drug-likeness (QED) is 0.188. The van der Waals surface area contributed by atoms with Gasteiger partial charge in [0, 0.05) is 51.9 Å². The van der Waals surface area contributed by atoms with Crippen molar-refractivity contribution in [1.82, 2.24) is 5.32 Å². The van der Waals surface area contributed by atoms with Crippen LogP contribution in [0, 0.1) is 17.8 Å². The maximum atomic E-state index is 13.0. The van der Waals surface area contributed by atoms with Gasteiger partial charge in [0.2, 0.25) is 0 Å². The molecule has 0 amide bonds. The third-order valence-electron chi connectivity index (χ3n) is 8.99. The van der Waals surface area contributed by atoms with E-state index in [1.165, 1.54) is 37.7 Å². The van der Waals surface area contributed by atoms with Crippen molar-refractivity contribution in [3.8, 4) is 0 Å². The minimum Gasteiger partial charge on any atom is -0.385 e. The summed E-state index contributed by atoms with van der Waals surface area (Å²) < 4.78 is 11.7. The predicted octanol–water partition coefficient (Wildman–Crippen LogP) is 5.68. The van der Waals surface area contributed by atoms with Crippen LogP contribution in [0.2, 0.25) is 0 Å². The highest BCUT2D eigenvalue weighted by Gasteiger charge is 2.34. The van der Waals surface area contributed by atoms with Crippen LogP contribution < -0.4 is 26.4 Å². The number of hydrogen-bond acceptors (Lipinski definition) is 7. The first-order valence-electron chi connectivity index (χ1n) is 16.2. The topological polar surface area (TPSA) is 79.9 Å². The molecule has 1 aliphatic carbocycles. The second kappa shape index (κ2) is 16.4. The second-order valence-corrected chi connectivity index (χ2v) is 12.7. The Balaban J connectivity index is 1.47. The highest BCUT2D eigenvalue weighted by atomic mass is 16.5. The molecule has 0 bridgehead atoms. The van der Waals surface area contributed by atoms with Gasteiger partial charge in [-0.3, -0.25) is 9.59 Å². The molecule has 1 heterocycles. The van der Waals surface area contributed by atoms with Crippen LogP contribution in [0.25, 0.3) is 0 Å². The van der Waals surface area contributed by atoms with Crippen molar-refractivity contribution >= 4 is 11.4 Å². The average Bonchev–Trinajstić information content (AvgIpc) is 2.99. The number of nitrogens with one attached hydrogen (secondary N) is 2. The van der Waals surface area contributed by atoms with Gasteiger partial charge in [0.15, 0.2) is 0 Å². The zero-order valence-corrected chi connectivity index (χ0v) is 25.7. The van der Waals surface area contributed by atoms with E-state index in [0.717, 1.165) is 51.7 Å². The van der Waals surface area contributed by atoms with Gasteiger partial charge in [-0.15, -0.1) is 0 Å². The van der Waals surface area contributed by atoms with Gasteiger partial charge in [0.05, 0.1) is 6.10 Å². The van der Waals surface area contributed by atoms with Crippen LogP contribution in [0.1, 0.15) is 89.7 Å². The van der Waals surface area contributed by atoms with E-state index in [1.807, 2.05) is 6.07 Å². The number of piperidine rings is 1. The number of hydrogen-bond donors (Lipinski definition) is 2. The van der Waals surface area contributed by atoms with Gasteiger partial charge in [0.25, 0.3) is 10.9 Å². The van der Waals surface area contributed by atoms with E-state index in [1.54, 1.807) is 7.11 Å². The van der Waals surface area contributed by atoms with E-state index in [4.69, 9.17) is 9.47 Å². The largest absolute Gasteiger partial charge is 0.385 e. The number of benzene rings is 1. The third kappa shape index (κ3) is 9.13. The van der Waals surface area contributed by atoms with Crippen molar-refractivity contribution in [3.63, 3.8) is 0 Å². The van der Waals surface area contributed by atoms with E-state index in [-0.39, 0.29) is 28.9 Å². The molecule has 0 spiro atoms. The Kier molecular flexibility index (Phi) is 12.7. The molecule has 2 aromatic rings. The lowest BCUT2D eigenvalue weighted by molar-refractivity contribution is -0.00235. The molecule has 2 N–H and O–H groups in total. The summed E-state index contributed by atoms with van der Waals surface area (Å²) in [4.78, 5) is 28.1. The number of nitrogens with zero attached hydrogens (tertiary/aromatic N) is 1. The molecular weight excluding hydrogens is 514 g/mol. The summed E-state index contributed by atoms with van der Waals surface area (Å²) in [6.45, 7) is 9.08. The van der Waals surface area contributed by atoms with Crippen LogP contribution in [0.3, 0.4) is 0 Å². The molecule has 3 atom stereocenters. The number of ether oxygens (including phenoxy) is 2. The molecule has 1 aliphatic heterocycles. The molecule has 1 saturated carbocycles. The maximum absolute atomic E-state index is 13.0. The normalized spacial score (nSPS) is 20.0. The number of rotatable bonds is 17. The molecule has 2 fully saturated rings. The molecule has 228 valence electrons. The standard InChI is InChI=1S/C34H53N3O4/c1-25(2)17-18-35-23-29(22-26-12-6-4-7-13-26)36-30-31(33(39)32(30)38)37-19-10-16-28(24-37)34(41-21-11-20-40-3)27-14-8-5-9-15-27/h5,8-9,14-15,25-26,28-29,34-36H,4,6-7,10-13,16-24H2,1-3H3/t28-,29+,34?/m1/s1. The first-order chi connectivity index (χ1) is 20.0. The first kappa shape index (κ1) is 31.7. The van der Waals surface area contributed by atoms with Crippen molar-refractivity contribution in [2.24, 2.45) is 17.8 Å². The van der Waals surface area contributed by atoms with Gasteiger partial charge in [-0.25, -0.2) is 0 Å². The predicted molar refractivity (Wildman–Crippen MR) is 169 cm³/mol. The molecule has 1 saturated heterocycles. The van der Waals surface area contributed by atoms with Gasteiger partial charge >= 0.3 is 0 Å². The summed E-state index contributed by atoms with van der Waals surface area (Å²) >= 11 is 0. The molecule has 7 heteroatoms. The van der Waals surface area contributed by atoms with Crippen LogP contribution in [-0.4, -0.2) is 52.5 Å². The number of methoxy groups -OCH3 is 1. The van der Waals surface area contributed by atoms with Crippen molar-refractivity contribution in [2.45, 2.75) is 90.2 Å². The Labute approximate surface area is 247 Å². The maximum Gasteiger partial charge on any atom is 0.253 e. The lowest BCUT2D eigenvalue weighted by Gasteiger charge is -2.39. The highest BCUT2D eigenvalue weighted by Crippen LogP contribution is 2.36. The second-order valence-electron chi connectivity index (χ2n) is 12.7. The average molecular weight is 568 g/mol. The Morgan fingerprint density at radius 2 is 1.76 bits per heavy atom. The Bertz CT molecular complexity index is 1090. The summed E-state index contributed by atoms with van der Waals surface area (Å²) in [5.41, 5.74) is 1.62. The van der Waals surface area contributed by atoms with Crippen molar-refractivity contribution in [1.29, 1.82) is 0 Å². The van der Waals surface area contributed by atoms with Gasteiger partial charge in [0.1, 0.15) is 11.4 Å². The molecular formula is C34H53N3O4. The fraction of sp³-hybridized carbons (Fsp3) is 0.706. The van der Waals surface area contributed by atoms with Gasteiger partial charge < -0.3 is 25.0 Å². The molecule has 41 heavy (non-hydrogen) atoms. The fourth-order valence-corrected chi connectivity index (χ4v) is 6.73. The van der Waals surface area contributed by atoms with Crippen molar-refractivity contribution in [2.75, 3.05) is 56.7 Å². The van der Waals surface area contributed by atoms with Gasteiger partial charge in [-0.1, -0.05) is 76.3 Å². The smallest absolute Gasteiger partial charge is 0.253 e. The van der Waals surface area contributed by atoms with Crippen LogP contribution in [0.5, 0.6) is 0 Å². The minimum absolute atomic E-state index is 0.0528. The van der Waals surface area contributed by atoms with Crippen LogP contribution in [-0.2, 0) is 9.47 Å². The van der Waals surface area contributed by atoms with E-state index in [0.29, 0.717) is 43.0 Å². The zero-order valence-electron chi connectivity index (χ0n) is 25.7. The van der Waals surface area contributed by atoms with E-state index in [2.05, 4.69) is 53.6 Å². The zero-order chi connectivity index (χ0) is 29.0. The summed E-state index contributed by atoms with van der Waals surface area (Å²) in [6.07, 6.45) is 11.4. The van der Waals surface area contributed by atoms with E-state index >= 15 is 0 Å². The van der Waals surface area contributed by atoms with Gasteiger partial charge in [-0.2, -0.15) is 0 Å². The molecule has 7 nitrogen and oxygen atoms in total. The van der Waals surface area contributed by atoms with Crippen LogP contribution in [0.4, 0.5) is 11.4 Å². The van der Waals surface area contributed by atoms with E-state index < -0.39 is 0 Å². The Morgan fingerprint density at radius 3 is 2.49 bits per heavy atom. The number of anilines is 2. The summed E-state index contributed by atoms with van der Waals surface area (Å²) in [5.74, 6) is 1.58. The van der Waals surface area contributed by atoms with Gasteiger partial charge in [-0.05, 0) is 56.0 Å². The van der Waals surface area contributed by atoms with Crippen LogP contribution >= 0.6 is 0 Å². The monoisotopic (exact) mass is 567 g/mol. The molecule has 0 radical (unpaired) electrons. The summed E-state index contributed by atoms with van der Waals surface area (Å²) in [6, 6.07) is 10.6. The Hall–Kier alpha value is -2.22.